The van der Waals surface area contributed by atoms with Crippen molar-refractivity contribution in [2.24, 2.45) is 5.92 Å². The molecule has 3 rings (SSSR count). The van der Waals surface area contributed by atoms with E-state index in [1.807, 2.05) is 11.0 Å². The van der Waals surface area contributed by atoms with Crippen LogP contribution in [0.25, 0.3) is 0 Å². The summed E-state index contributed by atoms with van der Waals surface area (Å²) in [6.45, 7) is 14.3. The Hall–Kier alpha value is -2.47. The van der Waals surface area contributed by atoms with Gasteiger partial charge in [-0.25, -0.2) is 9.97 Å². The summed E-state index contributed by atoms with van der Waals surface area (Å²) in [7, 11) is 0. The van der Waals surface area contributed by atoms with Gasteiger partial charge in [-0.2, -0.15) is 0 Å². The second-order valence-electron chi connectivity index (χ2n) is 9.39. The van der Waals surface area contributed by atoms with E-state index < -0.39 is 0 Å². The molecule has 1 aliphatic heterocycles. The van der Waals surface area contributed by atoms with Crippen molar-refractivity contribution in [3.05, 3.63) is 53.9 Å². The highest BCUT2D eigenvalue weighted by Crippen LogP contribution is 2.26. The topological polar surface area (TPSA) is 61.4 Å². The summed E-state index contributed by atoms with van der Waals surface area (Å²) in [6, 6.07) is 10.8. The highest BCUT2D eigenvalue weighted by atomic mass is 16.2. The van der Waals surface area contributed by atoms with Crippen LogP contribution in [0.4, 0.5) is 5.95 Å². The van der Waals surface area contributed by atoms with Crippen LogP contribution in [0.1, 0.15) is 51.8 Å². The largest absolute Gasteiger partial charge is 0.338 e. The minimum Gasteiger partial charge on any atom is -0.338 e. The molecule has 2 heterocycles. The first-order chi connectivity index (χ1) is 14.3. The van der Waals surface area contributed by atoms with Crippen molar-refractivity contribution in [3.8, 4) is 0 Å². The van der Waals surface area contributed by atoms with Gasteiger partial charge in [0.1, 0.15) is 0 Å². The average molecular weight is 410 g/mol. The van der Waals surface area contributed by atoms with Gasteiger partial charge in [-0.1, -0.05) is 58.9 Å². The van der Waals surface area contributed by atoms with E-state index in [-0.39, 0.29) is 17.4 Å². The maximum atomic E-state index is 12.8. The van der Waals surface area contributed by atoms with Gasteiger partial charge in [0.2, 0.25) is 11.9 Å². The Labute approximate surface area is 180 Å². The number of carbonyl (C=O) groups is 1. The van der Waals surface area contributed by atoms with Gasteiger partial charge >= 0.3 is 0 Å². The number of rotatable bonds is 6. The van der Waals surface area contributed by atoms with Gasteiger partial charge in [0.05, 0.1) is 6.54 Å². The molecule has 1 atom stereocenters. The summed E-state index contributed by atoms with van der Waals surface area (Å²) < 4.78 is 0. The predicted octanol–water partition coefficient (Wildman–Crippen LogP) is 3.41. The molecule has 6 nitrogen and oxygen atoms in total. The van der Waals surface area contributed by atoms with Crippen LogP contribution in [0, 0.1) is 5.92 Å². The first-order valence-corrected chi connectivity index (χ1v) is 10.9. The molecule has 1 aromatic heterocycles. The first kappa shape index (κ1) is 22.2. The molecule has 0 radical (unpaired) electrons. The maximum absolute atomic E-state index is 12.8. The smallest absolute Gasteiger partial charge is 0.236 e. The van der Waals surface area contributed by atoms with Crippen LogP contribution in [0.5, 0.6) is 0 Å². The van der Waals surface area contributed by atoms with E-state index >= 15 is 0 Å². The van der Waals surface area contributed by atoms with E-state index in [9.17, 15) is 4.79 Å². The van der Waals surface area contributed by atoms with Crippen molar-refractivity contribution in [3.63, 3.8) is 0 Å². The zero-order chi connectivity index (χ0) is 21.7. The zero-order valence-electron chi connectivity index (χ0n) is 18.9. The number of anilines is 1. The van der Waals surface area contributed by atoms with Crippen LogP contribution < -0.4 is 10.2 Å². The van der Waals surface area contributed by atoms with E-state index in [2.05, 4.69) is 79.1 Å². The molecule has 1 fully saturated rings. The number of nitrogens with one attached hydrogen (secondary N) is 1. The molecule has 1 amide bonds. The minimum atomic E-state index is 0.141. The third-order valence-electron chi connectivity index (χ3n) is 5.74. The number of aromatic nitrogens is 2. The van der Waals surface area contributed by atoms with Crippen molar-refractivity contribution < 1.29 is 4.79 Å². The number of benzene rings is 1. The van der Waals surface area contributed by atoms with Gasteiger partial charge in [0, 0.05) is 44.6 Å². The molecule has 1 aliphatic rings. The Kier molecular flexibility index (Phi) is 7.08. The standard InChI is InChI=1S/C24H35N5O/c1-18(2)22(19-7-9-20(10-8-19)24(3,4)5)27-17-21(30)28-13-15-29(16-14-28)23-25-11-6-12-26-23/h6-12,18,22,27H,13-17H2,1-5H3/t22-/m0/s1. The van der Waals surface area contributed by atoms with Crippen LogP contribution in [-0.4, -0.2) is 53.5 Å². The van der Waals surface area contributed by atoms with Crippen molar-refractivity contribution in [1.82, 2.24) is 20.2 Å². The SMILES string of the molecule is CC(C)[C@H](NCC(=O)N1CCN(c2ncccn2)CC1)c1ccc(C(C)(C)C)cc1. The Balaban J connectivity index is 1.54. The fourth-order valence-corrected chi connectivity index (χ4v) is 3.85. The van der Waals surface area contributed by atoms with Crippen LogP contribution in [0.15, 0.2) is 42.7 Å². The summed E-state index contributed by atoms with van der Waals surface area (Å²) in [5, 5.41) is 3.50. The third kappa shape index (κ3) is 5.57. The second kappa shape index (κ2) is 9.56. The van der Waals surface area contributed by atoms with Crippen molar-refractivity contribution in [1.29, 1.82) is 0 Å². The van der Waals surface area contributed by atoms with Crippen molar-refractivity contribution in [2.45, 2.75) is 46.1 Å². The number of hydrogen-bond acceptors (Lipinski definition) is 5. The zero-order valence-corrected chi connectivity index (χ0v) is 18.9. The minimum absolute atomic E-state index is 0.141. The molecule has 0 unspecified atom stereocenters. The van der Waals surface area contributed by atoms with Gasteiger partial charge < -0.3 is 15.1 Å². The number of piperazine rings is 1. The number of carbonyl (C=O) groups excluding carboxylic acids is 1. The average Bonchev–Trinajstić information content (AvgIpc) is 2.74. The summed E-state index contributed by atoms with van der Waals surface area (Å²) in [4.78, 5) is 25.5. The monoisotopic (exact) mass is 409 g/mol. The van der Waals surface area contributed by atoms with Gasteiger partial charge in [-0.05, 0) is 28.5 Å². The van der Waals surface area contributed by atoms with Gasteiger partial charge in [-0.15, -0.1) is 0 Å². The lowest BCUT2D eigenvalue weighted by Gasteiger charge is -2.35. The number of nitrogens with zero attached hydrogens (tertiary/aromatic N) is 4. The number of hydrogen-bond donors (Lipinski definition) is 1. The lowest BCUT2D eigenvalue weighted by molar-refractivity contribution is -0.130. The van der Waals surface area contributed by atoms with Crippen molar-refractivity contribution >= 4 is 11.9 Å². The van der Waals surface area contributed by atoms with Crippen molar-refractivity contribution in [2.75, 3.05) is 37.6 Å². The molecule has 0 spiro atoms. The molecule has 0 aliphatic carbocycles. The molecule has 30 heavy (non-hydrogen) atoms. The Morgan fingerprint density at radius 3 is 2.17 bits per heavy atom. The van der Waals surface area contributed by atoms with E-state index in [1.54, 1.807) is 12.4 Å². The molecule has 1 N–H and O–H groups in total. The maximum Gasteiger partial charge on any atom is 0.236 e. The van der Waals surface area contributed by atoms with Crippen LogP contribution in [0.2, 0.25) is 0 Å². The van der Waals surface area contributed by atoms with Crippen LogP contribution in [0.3, 0.4) is 0 Å². The highest BCUT2D eigenvalue weighted by molar-refractivity contribution is 5.78. The molecular weight excluding hydrogens is 374 g/mol. The van der Waals surface area contributed by atoms with E-state index in [0.717, 1.165) is 19.0 Å². The summed E-state index contributed by atoms with van der Waals surface area (Å²) >= 11 is 0. The fraction of sp³-hybridized carbons (Fsp3) is 0.542. The summed E-state index contributed by atoms with van der Waals surface area (Å²) in [5.74, 6) is 1.28. The van der Waals surface area contributed by atoms with Gasteiger partial charge in [0.25, 0.3) is 0 Å². The second-order valence-corrected chi connectivity index (χ2v) is 9.39. The molecule has 0 bridgehead atoms. The molecule has 1 aromatic carbocycles. The van der Waals surface area contributed by atoms with Gasteiger partial charge in [-0.3, -0.25) is 4.79 Å². The lowest BCUT2D eigenvalue weighted by Crippen LogP contribution is -2.51. The highest BCUT2D eigenvalue weighted by Gasteiger charge is 2.24. The first-order valence-electron chi connectivity index (χ1n) is 10.9. The summed E-state index contributed by atoms with van der Waals surface area (Å²) in [5.41, 5.74) is 2.70. The van der Waals surface area contributed by atoms with E-state index in [4.69, 9.17) is 0 Å². The summed E-state index contributed by atoms with van der Waals surface area (Å²) in [6.07, 6.45) is 3.51. The van der Waals surface area contributed by atoms with Gasteiger partial charge in [0.15, 0.2) is 0 Å². The van der Waals surface area contributed by atoms with E-state index in [0.29, 0.717) is 25.6 Å². The molecule has 6 heteroatoms. The molecule has 162 valence electrons. The van der Waals surface area contributed by atoms with Crippen LogP contribution in [-0.2, 0) is 10.2 Å². The predicted molar refractivity (Wildman–Crippen MR) is 122 cm³/mol. The normalized spacial score (nSPS) is 16.1. The van der Waals surface area contributed by atoms with Crippen LogP contribution >= 0.6 is 0 Å². The molecule has 0 saturated carbocycles. The van der Waals surface area contributed by atoms with E-state index in [1.165, 1.54) is 11.1 Å². The third-order valence-corrected chi connectivity index (χ3v) is 5.74. The molecule has 1 saturated heterocycles. The molecular formula is C24H35N5O. The Bertz CT molecular complexity index is 806. The lowest BCUT2D eigenvalue weighted by atomic mass is 9.85. The quantitative estimate of drug-likeness (QED) is 0.792. The fourth-order valence-electron chi connectivity index (χ4n) is 3.85. The Morgan fingerprint density at radius 1 is 1.03 bits per heavy atom. The Morgan fingerprint density at radius 2 is 1.63 bits per heavy atom. The molecule has 2 aromatic rings. The number of amides is 1.